The van der Waals surface area contributed by atoms with E-state index in [2.05, 4.69) is 39.8 Å². The van der Waals surface area contributed by atoms with Crippen molar-refractivity contribution in [3.8, 4) is 0 Å². The third kappa shape index (κ3) is 5.01. The number of carbonyl (C=O) groups excluding carboxylic acids is 1. The average Bonchev–Trinajstić information content (AvgIpc) is 3.28. The lowest BCUT2D eigenvalue weighted by molar-refractivity contribution is -0.132. The number of tetrazole rings is 1. The van der Waals surface area contributed by atoms with Crippen LogP contribution in [0.5, 0.6) is 0 Å². The predicted octanol–water partition coefficient (Wildman–Crippen LogP) is 3.91. The number of amides is 1. The molecule has 0 N–H and O–H groups in total. The average molecular weight is 410 g/mol. The summed E-state index contributed by atoms with van der Waals surface area (Å²) >= 11 is 6.04. The van der Waals surface area contributed by atoms with Gasteiger partial charge in [-0.3, -0.25) is 4.79 Å². The maximum absolute atomic E-state index is 13.1. The third-order valence-electron chi connectivity index (χ3n) is 5.68. The van der Waals surface area contributed by atoms with Gasteiger partial charge in [-0.15, -0.1) is 5.10 Å². The maximum Gasteiger partial charge on any atom is 0.223 e. The van der Waals surface area contributed by atoms with Crippen molar-refractivity contribution in [2.45, 2.75) is 37.6 Å². The zero-order chi connectivity index (χ0) is 20.1. The minimum absolute atomic E-state index is 0.00452. The fourth-order valence-electron chi connectivity index (χ4n) is 4.04. The van der Waals surface area contributed by atoms with Gasteiger partial charge in [-0.05, 0) is 52.4 Å². The molecule has 1 saturated heterocycles. The van der Waals surface area contributed by atoms with Crippen molar-refractivity contribution in [1.82, 2.24) is 25.1 Å². The summed E-state index contributed by atoms with van der Waals surface area (Å²) in [6, 6.07) is 18.3. The van der Waals surface area contributed by atoms with Crippen molar-refractivity contribution in [3.05, 3.63) is 77.1 Å². The van der Waals surface area contributed by atoms with E-state index in [1.54, 1.807) is 11.0 Å². The number of nitrogens with zero attached hydrogens (tertiary/aromatic N) is 5. The van der Waals surface area contributed by atoms with Gasteiger partial charge in [0.05, 0.1) is 6.54 Å². The number of hydrogen-bond acceptors (Lipinski definition) is 4. The lowest BCUT2D eigenvalue weighted by Crippen LogP contribution is -2.38. The van der Waals surface area contributed by atoms with Crippen molar-refractivity contribution >= 4 is 17.5 Å². The summed E-state index contributed by atoms with van der Waals surface area (Å²) in [5.74, 6) is 0.716. The van der Waals surface area contributed by atoms with Crippen molar-refractivity contribution in [3.63, 3.8) is 0 Å². The van der Waals surface area contributed by atoms with Gasteiger partial charge in [0.2, 0.25) is 5.91 Å². The van der Waals surface area contributed by atoms with Crippen LogP contribution in [0.15, 0.2) is 60.9 Å². The minimum atomic E-state index is -0.00452. The molecule has 1 aromatic heterocycles. The highest BCUT2D eigenvalue weighted by Crippen LogP contribution is 2.30. The second-order valence-corrected chi connectivity index (χ2v) is 7.99. The highest BCUT2D eigenvalue weighted by atomic mass is 35.5. The van der Waals surface area contributed by atoms with Crippen molar-refractivity contribution in [2.75, 3.05) is 13.1 Å². The van der Waals surface area contributed by atoms with Crippen LogP contribution in [0.25, 0.3) is 0 Å². The molecule has 2 heterocycles. The Morgan fingerprint density at radius 1 is 1.07 bits per heavy atom. The van der Waals surface area contributed by atoms with Crippen LogP contribution in [-0.2, 0) is 11.3 Å². The SMILES string of the molecule is O=C(C[C@H](Cn1cnnn1)c1ccc(Cl)cc1)N1CCC(c2ccccc2)CC1. The van der Waals surface area contributed by atoms with E-state index in [1.165, 1.54) is 5.56 Å². The van der Waals surface area contributed by atoms with E-state index in [1.807, 2.05) is 35.2 Å². The van der Waals surface area contributed by atoms with Gasteiger partial charge in [0.1, 0.15) is 6.33 Å². The van der Waals surface area contributed by atoms with Crippen LogP contribution < -0.4 is 0 Å². The molecule has 0 bridgehead atoms. The Bertz CT molecular complexity index is 906. The number of halogens is 1. The van der Waals surface area contributed by atoms with Gasteiger partial charge in [-0.25, -0.2) is 4.68 Å². The van der Waals surface area contributed by atoms with Gasteiger partial charge in [-0.1, -0.05) is 54.1 Å². The lowest BCUT2D eigenvalue weighted by Gasteiger charge is -2.33. The first-order valence-corrected chi connectivity index (χ1v) is 10.4. The fraction of sp³-hybridized carbons (Fsp3) is 0.364. The normalized spacial score (nSPS) is 16.0. The van der Waals surface area contributed by atoms with Gasteiger partial charge in [0, 0.05) is 30.5 Å². The van der Waals surface area contributed by atoms with Crippen LogP contribution in [0.2, 0.25) is 5.02 Å². The molecule has 6 nitrogen and oxygen atoms in total. The topological polar surface area (TPSA) is 63.9 Å². The summed E-state index contributed by atoms with van der Waals surface area (Å²) < 4.78 is 1.67. The zero-order valence-corrected chi connectivity index (χ0v) is 16.9. The van der Waals surface area contributed by atoms with Crippen LogP contribution in [0.4, 0.5) is 0 Å². The Balaban J connectivity index is 1.40. The molecule has 1 aliphatic heterocycles. The molecule has 0 spiro atoms. The van der Waals surface area contributed by atoms with Crippen LogP contribution in [0.3, 0.4) is 0 Å². The molecule has 7 heteroatoms. The van der Waals surface area contributed by atoms with Gasteiger partial charge in [-0.2, -0.15) is 0 Å². The number of aromatic nitrogens is 4. The zero-order valence-electron chi connectivity index (χ0n) is 16.2. The molecule has 150 valence electrons. The number of piperidine rings is 1. The van der Waals surface area contributed by atoms with E-state index in [-0.39, 0.29) is 11.8 Å². The molecule has 2 aromatic carbocycles. The summed E-state index contributed by atoms with van der Waals surface area (Å²) in [6.07, 6.45) is 4.03. The molecule has 3 aromatic rings. The Hall–Kier alpha value is -2.73. The Morgan fingerprint density at radius 3 is 2.45 bits per heavy atom. The molecule has 0 aliphatic carbocycles. The van der Waals surface area contributed by atoms with Crippen LogP contribution in [0.1, 0.15) is 42.2 Å². The molecule has 0 saturated carbocycles. The third-order valence-corrected chi connectivity index (χ3v) is 5.93. The molecule has 1 amide bonds. The highest BCUT2D eigenvalue weighted by molar-refractivity contribution is 6.30. The molecular formula is C22H24ClN5O. The number of carbonyl (C=O) groups is 1. The van der Waals surface area contributed by atoms with Gasteiger partial charge >= 0.3 is 0 Å². The maximum atomic E-state index is 13.1. The summed E-state index contributed by atoms with van der Waals surface area (Å²) in [7, 11) is 0. The smallest absolute Gasteiger partial charge is 0.223 e. The molecule has 1 aliphatic rings. The predicted molar refractivity (Wildman–Crippen MR) is 112 cm³/mol. The fourth-order valence-corrected chi connectivity index (χ4v) is 4.17. The number of hydrogen-bond donors (Lipinski definition) is 0. The van der Waals surface area contributed by atoms with E-state index in [0.717, 1.165) is 31.5 Å². The van der Waals surface area contributed by atoms with Crippen LogP contribution in [-0.4, -0.2) is 44.1 Å². The number of likely N-dealkylation sites (tertiary alicyclic amines) is 1. The van der Waals surface area contributed by atoms with E-state index in [4.69, 9.17) is 11.6 Å². The minimum Gasteiger partial charge on any atom is -0.343 e. The Morgan fingerprint density at radius 2 is 1.79 bits per heavy atom. The number of benzene rings is 2. The molecule has 0 unspecified atom stereocenters. The molecule has 1 fully saturated rings. The second kappa shape index (κ2) is 9.18. The molecular weight excluding hydrogens is 386 g/mol. The summed E-state index contributed by atoms with van der Waals surface area (Å²) in [5.41, 5.74) is 2.44. The highest BCUT2D eigenvalue weighted by Gasteiger charge is 2.26. The van der Waals surface area contributed by atoms with E-state index in [0.29, 0.717) is 23.9 Å². The first-order valence-electron chi connectivity index (χ1n) is 9.98. The van der Waals surface area contributed by atoms with Crippen molar-refractivity contribution in [2.24, 2.45) is 0 Å². The molecule has 29 heavy (non-hydrogen) atoms. The molecule has 0 radical (unpaired) electrons. The van der Waals surface area contributed by atoms with Crippen LogP contribution >= 0.6 is 11.6 Å². The monoisotopic (exact) mass is 409 g/mol. The quantitative estimate of drug-likeness (QED) is 0.619. The Kier molecular flexibility index (Phi) is 6.20. The van der Waals surface area contributed by atoms with Crippen LogP contribution in [0, 0.1) is 0 Å². The number of rotatable bonds is 6. The molecule has 1 atom stereocenters. The van der Waals surface area contributed by atoms with E-state index >= 15 is 0 Å². The first-order chi connectivity index (χ1) is 14.2. The largest absolute Gasteiger partial charge is 0.343 e. The first kappa shape index (κ1) is 19.6. The van der Waals surface area contributed by atoms with Crippen molar-refractivity contribution in [1.29, 1.82) is 0 Å². The van der Waals surface area contributed by atoms with Gasteiger partial charge in [0.25, 0.3) is 0 Å². The van der Waals surface area contributed by atoms with Gasteiger partial charge < -0.3 is 4.90 Å². The summed E-state index contributed by atoms with van der Waals surface area (Å²) in [4.78, 5) is 15.1. The second-order valence-electron chi connectivity index (χ2n) is 7.55. The van der Waals surface area contributed by atoms with E-state index < -0.39 is 0 Å². The van der Waals surface area contributed by atoms with E-state index in [9.17, 15) is 4.79 Å². The Labute approximate surface area is 175 Å². The van der Waals surface area contributed by atoms with Crippen molar-refractivity contribution < 1.29 is 4.79 Å². The standard InChI is InChI=1S/C22H24ClN5O/c23-21-8-6-18(7-9-21)20(15-28-16-24-25-26-28)14-22(29)27-12-10-19(11-13-27)17-4-2-1-3-5-17/h1-9,16,19-20H,10-15H2/t20-/m1/s1. The molecule has 4 rings (SSSR count). The lowest BCUT2D eigenvalue weighted by atomic mass is 9.89. The van der Waals surface area contributed by atoms with Gasteiger partial charge in [0.15, 0.2) is 0 Å². The summed E-state index contributed by atoms with van der Waals surface area (Å²) in [5, 5.41) is 12.1. The summed E-state index contributed by atoms with van der Waals surface area (Å²) in [6.45, 7) is 2.16.